The highest BCUT2D eigenvalue weighted by molar-refractivity contribution is 6.18. The molecule has 1 fully saturated rings. The predicted octanol–water partition coefficient (Wildman–Crippen LogP) is 3.56. The number of allylic oxidation sites excluding steroid dienone is 1. The number of aliphatic hydroxyl groups excluding tert-OH is 3. The zero-order valence-corrected chi connectivity index (χ0v) is 21.9. The Morgan fingerprint density at radius 2 is 1.36 bits per heavy atom. The van der Waals surface area contributed by atoms with Gasteiger partial charge in [0.05, 0.1) is 6.61 Å². The van der Waals surface area contributed by atoms with Crippen LogP contribution in [-0.4, -0.2) is 76.2 Å². The van der Waals surface area contributed by atoms with Gasteiger partial charge in [0.25, 0.3) is 0 Å². The lowest BCUT2D eigenvalue weighted by Crippen LogP contribution is -2.60. The highest BCUT2D eigenvalue weighted by atomic mass is 35.5. The number of carbonyl (C=O) groups is 1. The molecular formula is C30H31ClO8. The molecule has 39 heavy (non-hydrogen) atoms. The van der Waals surface area contributed by atoms with Gasteiger partial charge in [-0.2, -0.15) is 0 Å². The molecule has 4 N–H and O–H groups in total. The van der Waals surface area contributed by atoms with Crippen molar-refractivity contribution in [2.75, 3.05) is 19.1 Å². The van der Waals surface area contributed by atoms with Gasteiger partial charge in [-0.1, -0.05) is 72.8 Å². The third-order valence-corrected chi connectivity index (χ3v) is 6.61. The number of hydrogen-bond donors (Lipinski definition) is 4. The molecule has 0 unspecified atom stereocenters. The first-order chi connectivity index (χ1) is 18.9. The number of ether oxygens (including phenoxy) is 3. The molecular weight excluding hydrogens is 524 g/mol. The first kappa shape index (κ1) is 28.8. The van der Waals surface area contributed by atoms with Crippen molar-refractivity contribution < 1.29 is 39.4 Å². The summed E-state index contributed by atoms with van der Waals surface area (Å²) in [7, 11) is 0. The maximum Gasteiger partial charge on any atom is 0.335 e. The SMILES string of the molecule is O=C(O)[C@H]1O[C@@H](OCCOc2ccc(/C(=C(/CCCl)c3ccccc3)c3ccccc3)cc2)[C@H](O)[C@@H](O)[C@@H]1O. The molecule has 0 aliphatic carbocycles. The van der Waals surface area contributed by atoms with E-state index in [0.29, 0.717) is 18.1 Å². The van der Waals surface area contributed by atoms with Gasteiger partial charge in [-0.3, -0.25) is 0 Å². The fourth-order valence-corrected chi connectivity index (χ4v) is 4.69. The van der Waals surface area contributed by atoms with Crippen molar-refractivity contribution in [3.63, 3.8) is 0 Å². The number of aliphatic hydroxyl groups is 3. The Morgan fingerprint density at radius 3 is 1.95 bits per heavy atom. The van der Waals surface area contributed by atoms with Crippen molar-refractivity contribution in [3.05, 3.63) is 102 Å². The van der Waals surface area contributed by atoms with E-state index in [1.165, 1.54) is 0 Å². The number of carboxylic acids is 1. The number of aliphatic carboxylic acids is 1. The summed E-state index contributed by atoms with van der Waals surface area (Å²) in [5, 5.41) is 38.9. The Hall–Kier alpha value is -3.24. The fourth-order valence-electron chi connectivity index (χ4n) is 4.50. The second-order valence-corrected chi connectivity index (χ2v) is 9.38. The summed E-state index contributed by atoms with van der Waals surface area (Å²) in [6.45, 7) is 0.0207. The zero-order chi connectivity index (χ0) is 27.8. The van der Waals surface area contributed by atoms with Crippen molar-refractivity contribution in [2.45, 2.75) is 37.1 Å². The van der Waals surface area contributed by atoms with Crippen LogP contribution in [0.3, 0.4) is 0 Å². The van der Waals surface area contributed by atoms with Gasteiger partial charge in [-0.25, -0.2) is 4.79 Å². The molecule has 0 saturated carbocycles. The quantitative estimate of drug-likeness (QED) is 0.161. The minimum Gasteiger partial charge on any atom is -0.491 e. The lowest BCUT2D eigenvalue weighted by Gasteiger charge is -2.38. The largest absolute Gasteiger partial charge is 0.491 e. The molecule has 0 spiro atoms. The van der Waals surface area contributed by atoms with E-state index >= 15 is 0 Å². The van der Waals surface area contributed by atoms with Crippen molar-refractivity contribution in [1.29, 1.82) is 0 Å². The maximum atomic E-state index is 11.2. The lowest BCUT2D eigenvalue weighted by atomic mass is 9.88. The summed E-state index contributed by atoms with van der Waals surface area (Å²) in [4.78, 5) is 11.2. The molecule has 3 aromatic carbocycles. The van der Waals surface area contributed by atoms with E-state index in [1.807, 2.05) is 60.7 Å². The highest BCUT2D eigenvalue weighted by Gasteiger charge is 2.47. The Morgan fingerprint density at radius 1 is 0.769 bits per heavy atom. The summed E-state index contributed by atoms with van der Waals surface area (Å²) in [5.74, 6) is -0.411. The van der Waals surface area contributed by atoms with Crippen LogP contribution < -0.4 is 4.74 Å². The summed E-state index contributed by atoms with van der Waals surface area (Å²) in [5.41, 5.74) is 5.39. The van der Waals surface area contributed by atoms with E-state index in [1.54, 1.807) is 0 Å². The molecule has 206 valence electrons. The lowest BCUT2D eigenvalue weighted by molar-refractivity contribution is -0.294. The third-order valence-electron chi connectivity index (χ3n) is 6.42. The third kappa shape index (κ3) is 7.05. The molecule has 1 saturated heterocycles. The van der Waals surface area contributed by atoms with Gasteiger partial charge >= 0.3 is 5.97 Å². The van der Waals surface area contributed by atoms with Crippen LogP contribution in [-0.2, 0) is 14.3 Å². The molecule has 1 aliphatic rings. The van der Waals surface area contributed by atoms with Gasteiger partial charge in [0.2, 0.25) is 0 Å². The van der Waals surface area contributed by atoms with E-state index < -0.39 is 36.7 Å². The highest BCUT2D eigenvalue weighted by Crippen LogP contribution is 2.35. The zero-order valence-electron chi connectivity index (χ0n) is 21.1. The Bertz CT molecular complexity index is 1230. The van der Waals surface area contributed by atoms with Crippen LogP contribution in [0, 0.1) is 0 Å². The predicted molar refractivity (Wildman–Crippen MR) is 146 cm³/mol. The van der Waals surface area contributed by atoms with Crippen LogP contribution in [0.25, 0.3) is 11.1 Å². The average Bonchev–Trinajstić information content (AvgIpc) is 2.96. The summed E-state index contributed by atoms with van der Waals surface area (Å²) >= 11 is 6.22. The number of benzene rings is 3. The van der Waals surface area contributed by atoms with Gasteiger partial charge < -0.3 is 34.6 Å². The topological polar surface area (TPSA) is 126 Å². The number of hydrogen-bond acceptors (Lipinski definition) is 7. The fraction of sp³-hybridized carbons (Fsp3) is 0.300. The van der Waals surface area contributed by atoms with E-state index in [2.05, 4.69) is 24.3 Å². The van der Waals surface area contributed by atoms with Crippen LogP contribution in [0.2, 0.25) is 0 Å². The van der Waals surface area contributed by atoms with E-state index in [-0.39, 0.29) is 13.2 Å². The molecule has 3 aromatic rings. The summed E-state index contributed by atoms with van der Waals surface area (Å²) < 4.78 is 16.3. The standard InChI is InChI=1S/C30H31ClO8/c31-16-15-23(19-7-3-1-4-8-19)24(20-9-5-2-6-10-20)21-11-13-22(14-12-21)37-17-18-38-30-27(34)25(32)26(33)28(39-30)29(35)36/h1-14,25-28,30,32-34H,15-18H2,(H,35,36)/b24-23-/t25-,26-,27+,28-,30+/m0/s1. The van der Waals surface area contributed by atoms with Crippen molar-refractivity contribution >= 4 is 28.7 Å². The smallest absolute Gasteiger partial charge is 0.335 e. The Balaban J connectivity index is 1.46. The molecule has 1 heterocycles. The minimum atomic E-state index is -1.77. The van der Waals surface area contributed by atoms with Gasteiger partial charge in [0.1, 0.15) is 30.7 Å². The molecule has 9 heteroatoms. The van der Waals surface area contributed by atoms with E-state index in [9.17, 15) is 20.1 Å². The van der Waals surface area contributed by atoms with Crippen LogP contribution in [0.1, 0.15) is 23.1 Å². The van der Waals surface area contributed by atoms with Crippen molar-refractivity contribution in [3.8, 4) is 5.75 Å². The monoisotopic (exact) mass is 554 g/mol. The molecule has 4 rings (SSSR count). The second kappa shape index (κ2) is 13.7. The number of rotatable bonds is 11. The molecule has 5 atom stereocenters. The van der Waals surface area contributed by atoms with Gasteiger partial charge in [-0.15, -0.1) is 11.6 Å². The number of halogens is 1. The van der Waals surface area contributed by atoms with Crippen LogP contribution in [0.15, 0.2) is 84.9 Å². The van der Waals surface area contributed by atoms with Crippen molar-refractivity contribution in [2.24, 2.45) is 0 Å². The number of carboxylic acid groups (broad SMARTS) is 1. The molecule has 0 bridgehead atoms. The Labute approximate surface area is 231 Å². The summed E-state index contributed by atoms with van der Waals surface area (Å²) in [6, 6.07) is 27.9. The van der Waals surface area contributed by atoms with Gasteiger partial charge in [0, 0.05) is 5.88 Å². The molecule has 0 amide bonds. The van der Waals surface area contributed by atoms with Gasteiger partial charge in [0.15, 0.2) is 12.4 Å². The molecule has 1 aliphatic heterocycles. The van der Waals surface area contributed by atoms with Crippen LogP contribution >= 0.6 is 11.6 Å². The average molecular weight is 555 g/mol. The normalized spacial score (nSPS) is 23.6. The number of alkyl halides is 1. The second-order valence-electron chi connectivity index (χ2n) is 9.00. The van der Waals surface area contributed by atoms with Crippen molar-refractivity contribution in [1.82, 2.24) is 0 Å². The first-order valence-electron chi connectivity index (χ1n) is 12.6. The molecule has 0 aromatic heterocycles. The first-order valence-corrected chi connectivity index (χ1v) is 13.1. The van der Waals surface area contributed by atoms with Crippen LogP contribution in [0.4, 0.5) is 0 Å². The van der Waals surface area contributed by atoms with E-state index in [0.717, 1.165) is 27.8 Å². The van der Waals surface area contributed by atoms with Crippen LogP contribution in [0.5, 0.6) is 5.75 Å². The minimum absolute atomic E-state index is 0.0539. The maximum absolute atomic E-state index is 11.2. The Kier molecular flexibility index (Phi) is 10.1. The summed E-state index contributed by atoms with van der Waals surface area (Å²) in [6.07, 6.45) is -7.54. The van der Waals surface area contributed by atoms with E-state index in [4.69, 9.17) is 30.9 Å². The molecule has 0 radical (unpaired) electrons. The molecule has 8 nitrogen and oxygen atoms in total. The van der Waals surface area contributed by atoms with Gasteiger partial charge in [-0.05, 0) is 46.4 Å².